The van der Waals surface area contributed by atoms with Crippen LogP contribution in [0.15, 0.2) is 72.8 Å². The standard InChI is InChI=1S/C31H38ClN3O5S/c1-5-6-18-33-31(37)28(19-24-10-8-7-9-11-24)34(21-25-14-12-23(2)13-15-25)30(36)22-35(41(4,38)39)26-16-17-29(40-3)27(32)20-26/h7-17,20,28H,5-6,18-19,21-22H2,1-4H3,(H,33,37). The van der Waals surface area contributed by atoms with Crippen LogP contribution in [0.2, 0.25) is 5.02 Å². The van der Waals surface area contributed by atoms with Gasteiger partial charge in [-0.3, -0.25) is 13.9 Å². The molecule has 2 amide bonds. The summed E-state index contributed by atoms with van der Waals surface area (Å²) in [4.78, 5) is 29.2. The summed E-state index contributed by atoms with van der Waals surface area (Å²) in [6, 6.07) is 20.8. The summed E-state index contributed by atoms with van der Waals surface area (Å²) in [7, 11) is -2.44. The van der Waals surface area contributed by atoms with Gasteiger partial charge in [0.2, 0.25) is 21.8 Å². The fraction of sp³-hybridized carbons (Fsp3) is 0.355. The van der Waals surface area contributed by atoms with Crippen LogP contribution in [0.3, 0.4) is 0 Å². The maximum atomic E-state index is 14.1. The summed E-state index contributed by atoms with van der Waals surface area (Å²) >= 11 is 6.29. The van der Waals surface area contributed by atoms with Crippen LogP contribution in [0.1, 0.15) is 36.5 Å². The molecule has 3 rings (SSSR count). The van der Waals surface area contributed by atoms with E-state index in [9.17, 15) is 18.0 Å². The van der Waals surface area contributed by atoms with Crippen LogP contribution in [-0.4, -0.2) is 57.6 Å². The molecule has 0 aliphatic rings. The predicted octanol–water partition coefficient (Wildman–Crippen LogP) is 4.98. The van der Waals surface area contributed by atoms with E-state index in [1.54, 1.807) is 6.07 Å². The summed E-state index contributed by atoms with van der Waals surface area (Å²) in [5.74, 6) is -0.432. The minimum Gasteiger partial charge on any atom is -0.495 e. The number of rotatable bonds is 14. The molecule has 0 fully saturated rings. The van der Waals surface area contributed by atoms with E-state index < -0.39 is 28.5 Å². The van der Waals surface area contributed by atoms with Crippen molar-refractivity contribution >= 4 is 39.1 Å². The molecule has 0 heterocycles. The van der Waals surface area contributed by atoms with Crippen LogP contribution in [0.25, 0.3) is 0 Å². The number of nitrogens with one attached hydrogen (secondary N) is 1. The summed E-state index contributed by atoms with van der Waals surface area (Å²) in [6.45, 7) is 4.09. The van der Waals surface area contributed by atoms with E-state index in [-0.39, 0.29) is 29.6 Å². The number of ether oxygens (including phenoxy) is 1. The van der Waals surface area contributed by atoms with Crippen LogP contribution in [0.5, 0.6) is 5.75 Å². The molecule has 0 spiro atoms. The fourth-order valence-electron chi connectivity index (χ4n) is 4.37. The Bertz CT molecular complexity index is 1420. The van der Waals surface area contributed by atoms with Gasteiger partial charge in [0.25, 0.3) is 0 Å². The van der Waals surface area contributed by atoms with Crippen molar-refractivity contribution in [2.24, 2.45) is 0 Å². The van der Waals surface area contributed by atoms with E-state index >= 15 is 0 Å². The zero-order valence-electron chi connectivity index (χ0n) is 24.0. The molecule has 1 N–H and O–H groups in total. The lowest BCUT2D eigenvalue weighted by molar-refractivity contribution is -0.140. The van der Waals surface area contributed by atoms with Crippen LogP contribution < -0.4 is 14.4 Å². The van der Waals surface area contributed by atoms with Gasteiger partial charge in [0.15, 0.2) is 0 Å². The maximum Gasteiger partial charge on any atom is 0.244 e. The van der Waals surface area contributed by atoms with Crippen molar-refractivity contribution in [1.29, 1.82) is 0 Å². The van der Waals surface area contributed by atoms with Crippen molar-refractivity contribution in [2.75, 3.05) is 30.8 Å². The Balaban J connectivity index is 2.04. The van der Waals surface area contributed by atoms with Crippen LogP contribution >= 0.6 is 11.6 Å². The second kappa shape index (κ2) is 14.9. The molecule has 0 radical (unpaired) electrons. The minimum atomic E-state index is -3.90. The number of hydrogen-bond donors (Lipinski definition) is 1. The quantitative estimate of drug-likeness (QED) is 0.264. The van der Waals surface area contributed by atoms with Crippen LogP contribution in [0, 0.1) is 6.92 Å². The van der Waals surface area contributed by atoms with E-state index in [2.05, 4.69) is 5.32 Å². The Hall–Kier alpha value is -3.56. The van der Waals surface area contributed by atoms with Crippen molar-refractivity contribution in [3.05, 3.63) is 94.5 Å². The molecule has 0 saturated heterocycles. The molecule has 0 saturated carbocycles. The van der Waals surface area contributed by atoms with Gasteiger partial charge in [0.05, 0.1) is 24.1 Å². The molecule has 3 aromatic rings. The summed E-state index contributed by atoms with van der Waals surface area (Å²) in [5.41, 5.74) is 2.98. The zero-order valence-corrected chi connectivity index (χ0v) is 25.5. The molecule has 3 aromatic carbocycles. The highest BCUT2D eigenvalue weighted by Crippen LogP contribution is 2.30. The van der Waals surface area contributed by atoms with Crippen molar-refractivity contribution in [2.45, 2.75) is 45.7 Å². The first-order valence-electron chi connectivity index (χ1n) is 13.5. The third-order valence-electron chi connectivity index (χ3n) is 6.68. The number of amides is 2. The molecule has 220 valence electrons. The number of methoxy groups -OCH3 is 1. The number of benzene rings is 3. The summed E-state index contributed by atoms with van der Waals surface area (Å²) in [5, 5.41) is 3.18. The van der Waals surface area contributed by atoms with Gasteiger partial charge < -0.3 is 15.0 Å². The van der Waals surface area contributed by atoms with E-state index in [1.165, 1.54) is 24.1 Å². The fourth-order valence-corrected chi connectivity index (χ4v) is 5.47. The van der Waals surface area contributed by atoms with Gasteiger partial charge in [0, 0.05) is 19.5 Å². The molecule has 8 nitrogen and oxygen atoms in total. The molecule has 0 aliphatic heterocycles. The average molecular weight is 600 g/mol. The zero-order chi connectivity index (χ0) is 30.0. The first-order chi connectivity index (χ1) is 19.5. The number of carbonyl (C=O) groups excluding carboxylic acids is 2. The molecule has 0 aromatic heterocycles. The number of anilines is 1. The average Bonchev–Trinajstić information content (AvgIpc) is 2.94. The lowest BCUT2D eigenvalue weighted by Crippen LogP contribution is -2.53. The number of sulfonamides is 1. The van der Waals surface area contributed by atoms with Crippen molar-refractivity contribution in [3.8, 4) is 5.75 Å². The number of nitrogens with zero attached hydrogens (tertiary/aromatic N) is 2. The lowest BCUT2D eigenvalue weighted by atomic mass is 10.0. The van der Waals surface area contributed by atoms with Gasteiger partial charge >= 0.3 is 0 Å². The van der Waals surface area contributed by atoms with E-state index in [4.69, 9.17) is 16.3 Å². The SMILES string of the molecule is CCCCNC(=O)C(Cc1ccccc1)N(Cc1ccc(C)cc1)C(=O)CN(c1ccc(OC)c(Cl)c1)S(C)(=O)=O. The van der Waals surface area contributed by atoms with Crippen molar-refractivity contribution < 1.29 is 22.7 Å². The molecular formula is C31H38ClN3O5S. The third-order valence-corrected chi connectivity index (χ3v) is 8.11. The maximum absolute atomic E-state index is 14.1. The molecule has 0 bridgehead atoms. The second-order valence-electron chi connectivity index (χ2n) is 9.95. The van der Waals surface area contributed by atoms with Gasteiger partial charge in [-0.1, -0.05) is 85.1 Å². The van der Waals surface area contributed by atoms with Crippen LogP contribution in [-0.2, 0) is 32.6 Å². The second-order valence-corrected chi connectivity index (χ2v) is 12.3. The molecule has 1 unspecified atom stereocenters. The third kappa shape index (κ3) is 9.23. The minimum absolute atomic E-state index is 0.124. The highest BCUT2D eigenvalue weighted by molar-refractivity contribution is 7.92. The molecule has 10 heteroatoms. The van der Waals surface area contributed by atoms with Gasteiger partial charge in [-0.2, -0.15) is 0 Å². The van der Waals surface area contributed by atoms with Gasteiger partial charge in [-0.25, -0.2) is 8.42 Å². The lowest BCUT2D eigenvalue weighted by Gasteiger charge is -2.33. The number of unbranched alkanes of at least 4 members (excludes halogenated alkanes) is 1. The summed E-state index contributed by atoms with van der Waals surface area (Å²) in [6.07, 6.45) is 3.00. The molecule has 0 aliphatic carbocycles. The first-order valence-corrected chi connectivity index (χ1v) is 15.7. The Morgan fingerprint density at radius 3 is 2.27 bits per heavy atom. The van der Waals surface area contributed by atoms with E-state index in [0.29, 0.717) is 12.3 Å². The molecule has 41 heavy (non-hydrogen) atoms. The number of halogens is 1. The Morgan fingerprint density at radius 1 is 1.00 bits per heavy atom. The highest BCUT2D eigenvalue weighted by atomic mass is 35.5. The Kier molecular flexibility index (Phi) is 11.6. The van der Waals surface area contributed by atoms with Crippen molar-refractivity contribution in [1.82, 2.24) is 10.2 Å². The Morgan fingerprint density at radius 2 is 1.68 bits per heavy atom. The summed E-state index contributed by atoms with van der Waals surface area (Å²) < 4.78 is 32.0. The van der Waals surface area contributed by atoms with Gasteiger partial charge in [-0.15, -0.1) is 0 Å². The van der Waals surface area contributed by atoms with Crippen molar-refractivity contribution in [3.63, 3.8) is 0 Å². The highest BCUT2D eigenvalue weighted by Gasteiger charge is 2.33. The van der Waals surface area contributed by atoms with Gasteiger partial charge in [-0.05, 0) is 42.7 Å². The monoisotopic (exact) mass is 599 g/mol. The molecule has 1 atom stereocenters. The normalized spacial score (nSPS) is 11.9. The topological polar surface area (TPSA) is 96.0 Å². The Labute approximate surface area is 248 Å². The number of hydrogen-bond acceptors (Lipinski definition) is 5. The number of aryl methyl sites for hydroxylation is 1. The van der Waals surface area contributed by atoms with Crippen LogP contribution in [0.4, 0.5) is 5.69 Å². The van der Waals surface area contributed by atoms with E-state index in [1.807, 2.05) is 68.4 Å². The van der Waals surface area contributed by atoms with E-state index in [0.717, 1.165) is 40.1 Å². The largest absolute Gasteiger partial charge is 0.495 e. The first kappa shape index (κ1) is 32.0. The molecular weight excluding hydrogens is 562 g/mol. The van der Waals surface area contributed by atoms with Gasteiger partial charge in [0.1, 0.15) is 18.3 Å². The predicted molar refractivity (Wildman–Crippen MR) is 164 cm³/mol. The number of carbonyl (C=O) groups is 2. The smallest absolute Gasteiger partial charge is 0.244 e.